The molecule has 0 unspecified atom stereocenters. The second-order valence-corrected chi connectivity index (χ2v) is 7.72. The number of ether oxygens (including phenoxy) is 3. The van der Waals surface area contributed by atoms with Crippen LogP contribution in [0.3, 0.4) is 0 Å². The number of benzene rings is 4. The van der Waals surface area contributed by atoms with Gasteiger partial charge in [-0.05, 0) is 72.8 Å². The number of nitrogens with zero attached hydrogens (tertiary/aromatic N) is 2. The largest absolute Gasteiger partial charge is 0.508 e. The number of phenolic OH excluding ortho intramolecular Hbond substituents is 1. The molecule has 0 amide bonds. The number of rotatable bonds is 4. The van der Waals surface area contributed by atoms with Crippen molar-refractivity contribution in [3.05, 3.63) is 112 Å². The quantitative estimate of drug-likeness (QED) is 0.285. The fourth-order valence-corrected chi connectivity index (χ4v) is 3.07. The summed E-state index contributed by atoms with van der Waals surface area (Å²) in [4.78, 5) is 0. The van der Waals surface area contributed by atoms with Crippen molar-refractivity contribution in [2.45, 2.75) is 0 Å². The summed E-state index contributed by atoms with van der Waals surface area (Å²) in [6.45, 7) is 0. The van der Waals surface area contributed by atoms with Crippen LogP contribution in [0, 0.1) is 28.5 Å². The van der Waals surface area contributed by atoms with E-state index in [0.29, 0.717) is 22.1 Å². The standard InChI is InChI=1S/C14H10ClNO2.C7H3ClFN.C7H8O2/c1-17-10-5-7-11(8-6-10)18-14-4-2-3-13(15)12(14)9-16;8-6-2-1-3-7(9)5(6)4-10;1-9-7-4-2-6(8)3-5-7/h2-8H,1H3;1-3H;2-5,8H,1H3. The number of hydrogen-bond acceptors (Lipinski definition) is 6. The number of phenols is 1. The minimum atomic E-state index is -0.574. The first-order valence-corrected chi connectivity index (χ1v) is 11.3. The van der Waals surface area contributed by atoms with Crippen molar-refractivity contribution in [2.75, 3.05) is 14.2 Å². The zero-order valence-corrected chi connectivity index (χ0v) is 21.3. The minimum Gasteiger partial charge on any atom is -0.508 e. The van der Waals surface area contributed by atoms with Crippen molar-refractivity contribution in [1.29, 1.82) is 10.5 Å². The third-order valence-electron chi connectivity index (χ3n) is 4.52. The molecule has 4 aromatic carbocycles. The Morgan fingerprint density at radius 1 is 0.676 bits per heavy atom. The molecule has 0 aromatic heterocycles. The van der Waals surface area contributed by atoms with Crippen molar-refractivity contribution in [3.63, 3.8) is 0 Å². The molecule has 0 aliphatic rings. The molecule has 6 nitrogen and oxygen atoms in total. The topological polar surface area (TPSA) is 95.5 Å². The molecule has 0 aliphatic heterocycles. The van der Waals surface area contributed by atoms with E-state index in [1.54, 1.807) is 87.0 Å². The summed E-state index contributed by atoms with van der Waals surface area (Å²) < 4.78 is 28.1. The van der Waals surface area contributed by atoms with Gasteiger partial charge in [0.15, 0.2) is 0 Å². The minimum absolute atomic E-state index is 0.0934. The lowest BCUT2D eigenvalue weighted by molar-refractivity contribution is 0.412. The van der Waals surface area contributed by atoms with Gasteiger partial charge >= 0.3 is 0 Å². The van der Waals surface area contributed by atoms with E-state index in [1.807, 2.05) is 6.07 Å². The molecule has 9 heteroatoms. The Hall–Kier alpha value is -4.43. The van der Waals surface area contributed by atoms with Gasteiger partial charge in [0.05, 0.1) is 24.3 Å². The van der Waals surface area contributed by atoms with Gasteiger partial charge in [0, 0.05) is 0 Å². The fraction of sp³-hybridized carbons (Fsp3) is 0.0714. The van der Waals surface area contributed by atoms with Crippen LogP contribution in [-0.4, -0.2) is 19.3 Å². The Kier molecular flexibility index (Phi) is 11.6. The summed E-state index contributed by atoms with van der Waals surface area (Å²) in [6.07, 6.45) is 0. The molecule has 37 heavy (non-hydrogen) atoms. The van der Waals surface area contributed by atoms with Crippen molar-refractivity contribution in [1.82, 2.24) is 0 Å². The van der Waals surface area contributed by atoms with Gasteiger partial charge in [0.25, 0.3) is 0 Å². The molecule has 0 radical (unpaired) electrons. The van der Waals surface area contributed by atoms with Crippen molar-refractivity contribution in [3.8, 4) is 40.9 Å². The van der Waals surface area contributed by atoms with Gasteiger partial charge in [0.1, 0.15) is 57.8 Å². The van der Waals surface area contributed by atoms with Gasteiger partial charge < -0.3 is 19.3 Å². The predicted octanol–water partition coefficient (Wildman–Crippen LogP) is 7.76. The molecule has 0 heterocycles. The zero-order chi connectivity index (χ0) is 27.2. The second kappa shape index (κ2) is 14.9. The van der Waals surface area contributed by atoms with Crippen LogP contribution in [0.25, 0.3) is 0 Å². The summed E-state index contributed by atoms with van der Waals surface area (Å²) in [5.74, 6) is 2.25. The molecule has 0 aliphatic carbocycles. The average molecular weight is 539 g/mol. The third kappa shape index (κ3) is 8.94. The van der Waals surface area contributed by atoms with Crippen LogP contribution in [-0.2, 0) is 0 Å². The van der Waals surface area contributed by atoms with Gasteiger partial charge in [-0.15, -0.1) is 0 Å². The maximum atomic E-state index is 12.5. The van der Waals surface area contributed by atoms with Crippen LogP contribution in [0.1, 0.15) is 11.1 Å². The van der Waals surface area contributed by atoms with Crippen molar-refractivity contribution < 1.29 is 23.7 Å². The second-order valence-electron chi connectivity index (χ2n) is 6.91. The van der Waals surface area contributed by atoms with Crippen LogP contribution in [0.2, 0.25) is 10.0 Å². The number of methoxy groups -OCH3 is 2. The lowest BCUT2D eigenvalue weighted by Gasteiger charge is -2.08. The molecular weight excluding hydrogens is 518 g/mol. The van der Waals surface area contributed by atoms with Crippen LogP contribution in [0.15, 0.2) is 84.9 Å². The van der Waals surface area contributed by atoms with Crippen molar-refractivity contribution in [2.24, 2.45) is 0 Å². The van der Waals surface area contributed by atoms with E-state index in [-0.39, 0.29) is 16.3 Å². The first-order chi connectivity index (χ1) is 17.8. The van der Waals surface area contributed by atoms with E-state index in [2.05, 4.69) is 0 Å². The fourth-order valence-electron chi connectivity index (χ4n) is 2.66. The Balaban J connectivity index is 0.000000214. The smallest absolute Gasteiger partial charge is 0.146 e. The molecule has 0 bridgehead atoms. The highest BCUT2D eigenvalue weighted by atomic mass is 35.5. The maximum Gasteiger partial charge on any atom is 0.146 e. The van der Waals surface area contributed by atoms with Crippen LogP contribution >= 0.6 is 23.2 Å². The molecule has 4 rings (SSSR count). The molecule has 0 saturated carbocycles. The monoisotopic (exact) mass is 538 g/mol. The predicted molar refractivity (Wildman–Crippen MR) is 140 cm³/mol. The van der Waals surface area contributed by atoms with E-state index in [9.17, 15) is 4.39 Å². The highest BCUT2D eigenvalue weighted by molar-refractivity contribution is 6.32. The first-order valence-electron chi connectivity index (χ1n) is 10.5. The number of halogens is 3. The van der Waals surface area contributed by atoms with Gasteiger partial charge in [-0.1, -0.05) is 35.3 Å². The molecule has 0 spiro atoms. The summed E-state index contributed by atoms with van der Waals surface area (Å²) in [7, 11) is 3.19. The van der Waals surface area contributed by atoms with E-state index >= 15 is 0 Å². The molecule has 0 saturated heterocycles. The van der Waals surface area contributed by atoms with Crippen LogP contribution in [0.5, 0.6) is 28.7 Å². The van der Waals surface area contributed by atoms with Gasteiger partial charge in [-0.25, -0.2) is 4.39 Å². The number of aromatic hydroxyl groups is 1. The Morgan fingerprint density at radius 3 is 1.59 bits per heavy atom. The summed E-state index contributed by atoms with van der Waals surface area (Å²) >= 11 is 11.4. The zero-order valence-electron chi connectivity index (χ0n) is 19.8. The third-order valence-corrected chi connectivity index (χ3v) is 5.15. The highest BCUT2D eigenvalue weighted by Crippen LogP contribution is 2.30. The molecule has 0 fully saturated rings. The van der Waals surface area contributed by atoms with E-state index in [4.69, 9.17) is 53.0 Å². The van der Waals surface area contributed by atoms with Crippen LogP contribution < -0.4 is 14.2 Å². The number of nitriles is 2. The van der Waals surface area contributed by atoms with Crippen LogP contribution in [0.4, 0.5) is 4.39 Å². The average Bonchev–Trinajstić information content (AvgIpc) is 2.91. The lowest BCUT2D eigenvalue weighted by Crippen LogP contribution is -1.89. The highest BCUT2D eigenvalue weighted by Gasteiger charge is 2.08. The summed E-state index contributed by atoms with van der Waals surface area (Å²) in [5, 5.41) is 26.7. The van der Waals surface area contributed by atoms with Gasteiger partial charge in [-0.3, -0.25) is 0 Å². The molecular formula is C28H21Cl2FN2O4. The van der Waals surface area contributed by atoms with Crippen molar-refractivity contribution >= 4 is 23.2 Å². The molecule has 188 valence electrons. The van der Waals surface area contributed by atoms with Gasteiger partial charge in [0.2, 0.25) is 0 Å². The Morgan fingerprint density at radius 2 is 1.14 bits per heavy atom. The van der Waals surface area contributed by atoms with E-state index < -0.39 is 5.82 Å². The molecule has 4 aromatic rings. The van der Waals surface area contributed by atoms with Gasteiger partial charge in [-0.2, -0.15) is 10.5 Å². The number of hydrogen-bond donors (Lipinski definition) is 1. The van der Waals surface area contributed by atoms with E-state index in [0.717, 1.165) is 11.5 Å². The molecule has 0 atom stereocenters. The SMILES string of the molecule is COc1ccc(O)cc1.COc1ccc(Oc2cccc(Cl)c2C#N)cc1.N#Cc1c(F)cccc1Cl. The lowest BCUT2D eigenvalue weighted by atomic mass is 10.2. The van der Waals surface area contributed by atoms with E-state index in [1.165, 1.54) is 18.2 Å². The summed E-state index contributed by atoms with van der Waals surface area (Å²) in [5.41, 5.74) is 0.235. The summed E-state index contributed by atoms with van der Waals surface area (Å²) in [6, 6.07) is 26.6. The molecule has 1 N–H and O–H groups in total. The maximum absolute atomic E-state index is 12.5. The normalized spacial score (nSPS) is 9.27. The Labute approximate surface area is 224 Å². The first kappa shape index (κ1) is 28.8. The Bertz CT molecular complexity index is 1360.